The summed E-state index contributed by atoms with van der Waals surface area (Å²) in [4.78, 5) is 13.4. The third-order valence-corrected chi connectivity index (χ3v) is 2.25. The largest absolute Gasteiger partial charge is 0.340 e. The minimum Gasteiger partial charge on any atom is -0.340 e. The van der Waals surface area contributed by atoms with Crippen molar-refractivity contribution in [1.82, 2.24) is 4.90 Å². The van der Waals surface area contributed by atoms with Crippen LogP contribution >= 0.6 is 0 Å². The van der Waals surface area contributed by atoms with Crippen molar-refractivity contribution in [1.29, 1.82) is 0 Å². The number of hydrogen-bond donors (Lipinski definition) is 0. The summed E-state index contributed by atoms with van der Waals surface area (Å²) in [6.45, 7) is 2.55. The molecule has 2 nitrogen and oxygen atoms in total. The lowest BCUT2D eigenvalue weighted by Crippen LogP contribution is -2.15. The van der Waals surface area contributed by atoms with E-state index in [4.69, 9.17) is 0 Å². The van der Waals surface area contributed by atoms with Crippen molar-refractivity contribution in [2.75, 3.05) is 6.54 Å². The third-order valence-electron chi connectivity index (χ3n) is 2.25. The van der Waals surface area contributed by atoms with Crippen LogP contribution in [-0.2, 0) is 4.79 Å². The smallest absolute Gasteiger partial charge is 0.180 e. The van der Waals surface area contributed by atoms with E-state index in [1.165, 1.54) is 0 Å². The Morgan fingerprint density at radius 2 is 2.33 bits per heavy atom. The first-order valence-electron chi connectivity index (χ1n) is 4.21. The van der Waals surface area contributed by atoms with Gasteiger partial charge in [0.25, 0.3) is 0 Å². The van der Waals surface area contributed by atoms with Crippen LogP contribution in [0.25, 0.3) is 0 Å². The summed E-state index contributed by atoms with van der Waals surface area (Å²) in [5.74, 6) is 0.267. The highest BCUT2D eigenvalue weighted by atomic mass is 16.1. The summed E-state index contributed by atoms with van der Waals surface area (Å²) in [5, 5.41) is 0. The van der Waals surface area contributed by atoms with Crippen molar-refractivity contribution in [3.05, 3.63) is 35.7 Å². The molecule has 0 saturated heterocycles. The van der Waals surface area contributed by atoms with Gasteiger partial charge in [-0.05, 0) is 18.6 Å². The Kier molecular flexibility index (Phi) is 1.61. The normalized spacial score (nSPS) is 20.8. The highest BCUT2D eigenvalue weighted by molar-refractivity contribution is 6.00. The lowest BCUT2D eigenvalue weighted by molar-refractivity contribution is -0.114. The van der Waals surface area contributed by atoms with Gasteiger partial charge in [0.2, 0.25) is 0 Å². The van der Waals surface area contributed by atoms with Crippen LogP contribution in [0.5, 0.6) is 0 Å². The Balaban J connectivity index is 2.43. The monoisotopic (exact) mass is 161 g/mol. The molecule has 0 atom stereocenters. The van der Waals surface area contributed by atoms with Gasteiger partial charge in [0.15, 0.2) is 5.78 Å². The van der Waals surface area contributed by atoms with Gasteiger partial charge in [0.1, 0.15) is 0 Å². The van der Waals surface area contributed by atoms with Crippen LogP contribution in [0.3, 0.4) is 0 Å². The van der Waals surface area contributed by atoms with E-state index in [0.29, 0.717) is 6.54 Å². The lowest BCUT2D eigenvalue weighted by Gasteiger charge is -2.16. The van der Waals surface area contributed by atoms with Gasteiger partial charge in [-0.2, -0.15) is 0 Å². The first-order valence-corrected chi connectivity index (χ1v) is 4.21. The van der Waals surface area contributed by atoms with Crippen LogP contribution in [0, 0.1) is 0 Å². The quantitative estimate of drug-likeness (QED) is 0.582. The molecule has 2 heterocycles. The second-order valence-corrected chi connectivity index (χ2v) is 2.97. The Bertz CT molecular complexity index is 310. The maximum absolute atomic E-state index is 11.4. The molecule has 0 spiro atoms. The lowest BCUT2D eigenvalue weighted by atomic mass is 10.1. The molecule has 2 heteroatoms. The summed E-state index contributed by atoms with van der Waals surface area (Å²) in [6.07, 6.45) is 8.72. The summed E-state index contributed by atoms with van der Waals surface area (Å²) in [5.41, 5.74) is 2.06. The molecule has 0 aliphatic carbocycles. The molecule has 0 bridgehead atoms. The van der Waals surface area contributed by atoms with E-state index in [2.05, 4.69) is 0 Å². The van der Waals surface area contributed by atoms with E-state index in [1.807, 2.05) is 36.3 Å². The van der Waals surface area contributed by atoms with Crippen LogP contribution in [0.4, 0.5) is 0 Å². The number of rotatable bonds is 1. The molecule has 0 amide bonds. The molecule has 0 saturated carbocycles. The Morgan fingerprint density at radius 1 is 1.50 bits per heavy atom. The second-order valence-electron chi connectivity index (χ2n) is 2.97. The number of fused-ring (bicyclic) bond motifs is 1. The number of nitrogens with zero attached hydrogens (tertiary/aromatic N) is 1. The predicted octanol–water partition coefficient (Wildman–Crippen LogP) is 1.62. The standard InChI is InChI=1S/C10H11NO/c1-2-8-9-5-3-4-6-11(9)7-10(8)12/h3-6H,2,7H2,1H3. The molecule has 0 aromatic heterocycles. The molecule has 62 valence electrons. The molecule has 2 rings (SSSR count). The van der Waals surface area contributed by atoms with E-state index in [1.54, 1.807) is 0 Å². The van der Waals surface area contributed by atoms with Crippen molar-refractivity contribution in [2.45, 2.75) is 13.3 Å². The molecule has 12 heavy (non-hydrogen) atoms. The molecular formula is C10H11NO. The number of Topliss-reactive ketones (excluding diaryl/α,β-unsaturated/α-hetero) is 1. The second kappa shape index (κ2) is 2.63. The van der Waals surface area contributed by atoms with E-state index in [0.717, 1.165) is 17.7 Å². The van der Waals surface area contributed by atoms with E-state index < -0.39 is 0 Å². The first-order chi connectivity index (χ1) is 5.83. The van der Waals surface area contributed by atoms with Crippen LogP contribution in [-0.4, -0.2) is 17.2 Å². The summed E-state index contributed by atoms with van der Waals surface area (Å²) < 4.78 is 0. The highest BCUT2D eigenvalue weighted by Gasteiger charge is 2.25. The molecular weight excluding hydrogens is 150 g/mol. The van der Waals surface area contributed by atoms with Gasteiger partial charge in [-0.25, -0.2) is 0 Å². The third kappa shape index (κ3) is 0.916. The van der Waals surface area contributed by atoms with Crippen molar-refractivity contribution in [3.8, 4) is 0 Å². The van der Waals surface area contributed by atoms with Gasteiger partial charge >= 0.3 is 0 Å². The fourth-order valence-electron chi connectivity index (χ4n) is 1.66. The van der Waals surface area contributed by atoms with Crippen molar-refractivity contribution >= 4 is 5.78 Å². The summed E-state index contributed by atoms with van der Waals surface area (Å²) in [7, 11) is 0. The summed E-state index contributed by atoms with van der Waals surface area (Å²) in [6, 6.07) is 0. The predicted molar refractivity (Wildman–Crippen MR) is 47.3 cm³/mol. The van der Waals surface area contributed by atoms with Crippen LogP contribution in [0.2, 0.25) is 0 Å². The molecule has 0 aromatic carbocycles. The number of ketones is 1. The zero-order valence-corrected chi connectivity index (χ0v) is 7.08. The maximum Gasteiger partial charge on any atom is 0.180 e. The van der Waals surface area contributed by atoms with Crippen LogP contribution < -0.4 is 0 Å². The van der Waals surface area contributed by atoms with Crippen molar-refractivity contribution in [2.24, 2.45) is 0 Å². The zero-order valence-electron chi connectivity index (χ0n) is 7.08. The fraction of sp³-hybridized carbons (Fsp3) is 0.300. The summed E-state index contributed by atoms with van der Waals surface area (Å²) >= 11 is 0. The fourth-order valence-corrected chi connectivity index (χ4v) is 1.66. The molecule has 2 aliphatic heterocycles. The number of allylic oxidation sites excluding steroid dienone is 3. The average Bonchev–Trinajstić information content (AvgIpc) is 2.40. The van der Waals surface area contributed by atoms with Gasteiger partial charge in [0.05, 0.1) is 6.54 Å². The number of carbonyl (C=O) groups is 1. The van der Waals surface area contributed by atoms with E-state index in [-0.39, 0.29) is 5.78 Å². The van der Waals surface area contributed by atoms with E-state index in [9.17, 15) is 4.79 Å². The minimum absolute atomic E-state index is 0.267. The molecule has 0 fully saturated rings. The molecule has 0 unspecified atom stereocenters. The number of carbonyl (C=O) groups excluding carboxylic acids is 1. The van der Waals surface area contributed by atoms with Crippen LogP contribution in [0.1, 0.15) is 13.3 Å². The van der Waals surface area contributed by atoms with E-state index >= 15 is 0 Å². The molecule has 0 N–H and O–H groups in total. The molecule has 2 aliphatic rings. The van der Waals surface area contributed by atoms with Crippen molar-refractivity contribution in [3.63, 3.8) is 0 Å². The van der Waals surface area contributed by atoms with Crippen LogP contribution in [0.15, 0.2) is 35.7 Å². The van der Waals surface area contributed by atoms with Crippen molar-refractivity contribution < 1.29 is 4.79 Å². The van der Waals surface area contributed by atoms with Gasteiger partial charge in [-0.1, -0.05) is 13.0 Å². The maximum atomic E-state index is 11.4. The molecule has 0 radical (unpaired) electrons. The minimum atomic E-state index is 0.267. The number of hydrogen-bond acceptors (Lipinski definition) is 2. The Hall–Kier alpha value is -1.31. The zero-order chi connectivity index (χ0) is 8.55. The Morgan fingerprint density at radius 3 is 3.08 bits per heavy atom. The van der Waals surface area contributed by atoms with Gasteiger partial charge < -0.3 is 4.90 Å². The average molecular weight is 161 g/mol. The Labute approximate surface area is 71.9 Å². The van der Waals surface area contributed by atoms with Gasteiger partial charge in [0, 0.05) is 17.5 Å². The highest BCUT2D eigenvalue weighted by Crippen LogP contribution is 2.25. The molecule has 0 aromatic rings. The topological polar surface area (TPSA) is 20.3 Å². The SMILES string of the molecule is CCC1=C2C=CC=CN2CC1=O. The van der Waals surface area contributed by atoms with Gasteiger partial charge in [-0.3, -0.25) is 4.79 Å². The first kappa shape index (κ1) is 7.35. The van der Waals surface area contributed by atoms with Gasteiger partial charge in [-0.15, -0.1) is 0 Å².